The van der Waals surface area contributed by atoms with Gasteiger partial charge in [0.2, 0.25) is 0 Å². The summed E-state index contributed by atoms with van der Waals surface area (Å²) in [7, 11) is 1.98. The number of pyridine rings is 1. The zero-order chi connectivity index (χ0) is 11.8. The summed E-state index contributed by atoms with van der Waals surface area (Å²) in [4.78, 5) is 4.38. The van der Waals surface area contributed by atoms with E-state index in [0.717, 1.165) is 11.3 Å². The van der Waals surface area contributed by atoms with Crippen LogP contribution in [0.2, 0.25) is 0 Å². The van der Waals surface area contributed by atoms with Crippen LogP contribution in [0, 0.1) is 0 Å². The summed E-state index contributed by atoms with van der Waals surface area (Å²) in [5.74, 6) is 0. The minimum absolute atomic E-state index is 0.0676. The maximum Gasteiger partial charge on any atom is 0.0736 e. The Morgan fingerprint density at radius 3 is 2.50 bits per heavy atom. The lowest BCUT2D eigenvalue weighted by molar-refractivity contribution is 0.524. The van der Waals surface area contributed by atoms with Crippen molar-refractivity contribution in [3.05, 3.63) is 36.3 Å². The average molecular weight is 215 g/mol. The average Bonchev–Trinajstić information content (AvgIpc) is 2.61. The van der Waals surface area contributed by atoms with Crippen LogP contribution in [0.3, 0.4) is 0 Å². The van der Waals surface area contributed by atoms with E-state index in [-0.39, 0.29) is 5.41 Å². The molecule has 0 unspecified atom stereocenters. The lowest BCUT2D eigenvalue weighted by atomic mass is 9.88. The molecule has 2 rings (SSSR count). The van der Waals surface area contributed by atoms with Crippen molar-refractivity contribution in [2.75, 3.05) is 0 Å². The van der Waals surface area contributed by atoms with Crippen LogP contribution in [0.5, 0.6) is 0 Å². The van der Waals surface area contributed by atoms with Crippen LogP contribution in [0.1, 0.15) is 26.5 Å². The van der Waals surface area contributed by atoms with Gasteiger partial charge < -0.3 is 0 Å². The highest BCUT2D eigenvalue weighted by molar-refractivity contribution is 5.62. The summed E-state index contributed by atoms with van der Waals surface area (Å²) in [5, 5.41) is 4.34. The van der Waals surface area contributed by atoms with Crippen LogP contribution >= 0.6 is 0 Å². The van der Waals surface area contributed by atoms with Crippen molar-refractivity contribution >= 4 is 0 Å². The van der Waals surface area contributed by atoms with E-state index in [9.17, 15) is 0 Å². The minimum atomic E-state index is 0.0676. The zero-order valence-corrected chi connectivity index (χ0v) is 10.2. The van der Waals surface area contributed by atoms with Gasteiger partial charge in [-0.15, -0.1) is 0 Å². The van der Waals surface area contributed by atoms with Gasteiger partial charge in [-0.1, -0.05) is 26.8 Å². The Morgan fingerprint density at radius 2 is 1.94 bits per heavy atom. The monoisotopic (exact) mass is 215 g/mol. The Balaban J connectivity index is 2.60. The first-order valence-corrected chi connectivity index (χ1v) is 5.44. The summed E-state index contributed by atoms with van der Waals surface area (Å²) < 4.78 is 1.93. The highest BCUT2D eigenvalue weighted by atomic mass is 15.3. The van der Waals surface area contributed by atoms with Gasteiger partial charge in [0.1, 0.15) is 0 Å². The van der Waals surface area contributed by atoms with Crippen LogP contribution < -0.4 is 0 Å². The number of aryl methyl sites for hydroxylation is 1. The molecule has 2 heterocycles. The van der Waals surface area contributed by atoms with Crippen LogP contribution in [-0.4, -0.2) is 14.8 Å². The molecule has 0 spiro atoms. The number of hydrogen-bond acceptors (Lipinski definition) is 2. The third-order valence-electron chi connectivity index (χ3n) is 2.59. The molecular formula is C13H17N3. The summed E-state index contributed by atoms with van der Waals surface area (Å²) in [6.45, 7) is 6.57. The number of hydrogen-bond donors (Lipinski definition) is 0. The molecule has 0 fully saturated rings. The molecule has 0 aliphatic heterocycles. The lowest BCUT2D eigenvalue weighted by Crippen LogP contribution is -2.17. The third-order valence-corrected chi connectivity index (χ3v) is 2.59. The van der Waals surface area contributed by atoms with E-state index in [1.165, 1.54) is 5.69 Å². The fourth-order valence-electron chi connectivity index (χ4n) is 2.04. The molecule has 0 N–H and O–H groups in total. The smallest absolute Gasteiger partial charge is 0.0736 e. The van der Waals surface area contributed by atoms with E-state index in [1.54, 1.807) is 0 Å². The lowest BCUT2D eigenvalue weighted by Gasteiger charge is -2.20. The standard InChI is InChI=1S/C13H17N3/c1-13(2,3)12-10(9-15-16(12)4)11-7-5-6-8-14-11/h5-9H,1-4H3. The second kappa shape index (κ2) is 3.74. The van der Waals surface area contributed by atoms with Gasteiger partial charge in [-0.05, 0) is 12.1 Å². The van der Waals surface area contributed by atoms with E-state index in [1.807, 2.05) is 42.3 Å². The molecule has 0 atom stereocenters. The largest absolute Gasteiger partial charge is 0.271 e. The number of nitrogens with zero attached hydrogens (tertiary/aromatic N) is 3. The highest BCUT2D eigenvalue weighted by Crippen LogP contribution is 2.31. The van der Waals surface area contributed by atoms with Crippen molar-refractivity contribution in [1.29, 1.82) is 0 Å². The van der Waals surface area contributed by atoms with Gasteiger partial charge in [-0.25, -0.2) is 0 Å². The van der Waals surface area contributed by atoms with E-state index in [0.29, 0.717) is 0 Å². The predicted octanol–water partition coefficient (Wildman–Crippen LogP) is 2.78. The van der Waals surface area contributed by atoms with Crippen molar-refractivity contribution < 1.29 is 0 Å². The van der Waals surface area contributed by atoms with Gasteiger partial charge in [0.15, 0.2) is 0 Å². The molecule has 0 radical (unpaired) electrons. The molecule has 0 amide bonds. The van der Waals surface area contributed by atoms with Gasteiger partial charge in [0.05, 0.1) is 17.6 Å². The highest BCUT2D eigenvalue weighted by Gasteiger charge is 2.23. The predicted molar refractivity (Wildman–Crippen MR) is 65.1 cm³/mol. The topological polar surface area (TPSA) is 30.7 Å². The van der Waals surface area contributed by atoms with Gasteiger partial charge >= 0.3 is 0 Å². The van der Waals surface area contributed by atoms with E-state index < -0.39 is 0 Å². The van der Waals surface area contributed by atoms with Crippen LogP contribution in [0.25, 0.3) is 11.3 Å². The maximum absolute atomic E-state index is 4.38. The molecule has 0 aliphatic rings. The molecule has 3 nitrogen and oxygen atoms in total. The molecule has 0 bridgehead atoms. The van der Waals surface area contributed by atoms with Crippen LogP contribution in [0.4, 0.5) is 0 Å². The third kappa shape index (κ3) is 1.85. The minimum Gasteiger partial charge on any atom is -0.271 e. The van der Waals surface area contributed by atoms with Crippen molar-refractivity contribution in [2.24, 2.45) is 7.05 Å². The van der Waals surface area contributed by atoms with Crippen molar-refractivity contribution in [2.45, 2.75) is 26.2 Å². The first-order valence-electron chi connectivity index (χ1n) is 5.44. The Morgan fingerprint density at radius 1 is 1.19 bits per heavy atom. The Hall–Kier alpha value is -1.64. The molecule has 0 saturated heterocycles. The number of rotatable bonds is 1. The summed E-state index contributed by atoms with van der Waals surface area (Å²) in [6, 6.07) is 5.95. The van der Waals surface area contributed by atoms with Gasteiger partial charge in [-0.3, -0.25) is 9.67 Å². The molecule has 84 valence electrons. The van der Waals surface area contributed by atoms with E-state index in [4.69, 9.17) is 0 Å². The van der Waals surface area contributed by atoms with Crippen LogP contribution in [-0.2, 0) is 12.5 Å². The van der Waals surface area contributed by atoms with Crippen LogP contribution in [0.15, 0.2) is 30.6 Å². The molecule has 0 saturated carbocycles. The fraction of sp³-hybridized carbons (Fsp3) is 0.385. The quantitative estimate of drug-likeness (QED) is 0.732. The second-order valence-corrected chi connectivity index (χ2v) is 5.00. The first kappa shape index (κ1) is 10.9. The summed E-state index contributed by atoms with van der Waals surface area (Å²) in [6.07, 6.45) is 3.71. The fourth-order valence-corrected chi connectivity index (χ4v) is 2.04. The molecule has 0 aromatic carbocycles. The van der Waals surface area contributed by atoms with Gasteiger partial charge in [-0.2, -0.15) is 5.10 Å². The molecule has 0 aliphatic carbocycles. The van der Waals surface area contributed by atoms with Crippen molar-refractivity contribution in [1.82, 2.24) is 14.8 Å². The molecule has 2 aromatic rings. The SMILES string of the molecule is Cn1ncc(-c2ccccn2)c1C(C)(C)C. The van der Waals surface area contributed by atoms with Gasteiger partial charge in [0, 0.05) is 24.2 Å². The normalized spacial score (nSPS) is 11.8. The Bertz CT molecular complexity index is 478. The molecular weight excluding hydrogens is 198 g/mol. The maximum atomic E-state index is 4.38. The second-order valence-electron chi connectivity index (χ2n) is 5.00. The zero-order valence-electron chi connectivity index (χ0n) is 10.2. The summed E-state index contributed by atoms with van der Waals surface area (Å²) >= 11 is 0. The Kier molecular flexibility index (Phi) is 2.54. The first-order chi connectivity index (χ1) is 7.50. The van der Waals surface area contributed by atoms with Gasteiger partial charge in [0.25, 0.3) is 0 Å². The molecule has 3 heteroatoms. The van der Waals surface area contributed by atoms with Crippen molar-refractivity contribution in [3.8, 4) is 11.3 Å². The Labute approximate surface area is 96.1 Å². The van der Waals surface area contributed by atoms with E-state index >= 15 is 0 Å². The number of aromatic nitrogens is 3. The van der Waals surface area contributed by atoms with E-state index in [2.05, 4.69) is 30.9 Å². The molecule has 2 aromatic heterocycles. The van der Waals surface area contributed by atoms with Crippen molar-refractivity contribution in [3.63, 3.8) is 0 Å². The molecule has 16 heavy (non-hydrogen) atoms. The summed E-state index contributed by atoms with van der Waals surface area (Å²) in [5.41, 5.74) is 3.39.